The lowest BCUT2D eigenvalue weighted by Gasteiger charge is -2.13. The number of phenolic OH excluding ortho intramolecular Hbond substituents is 1. The molecular weight excluding hydrogens is 265 g/mol. The van der Waals surface area contributed by atoms with Crippen LogP contribution < -0.4 is 0 Å². The van der Waals surface area contributed by atoms with Crippen LogP contribution >= 0.6 is 11.6 Å². The van der Waals surface area contributed by atoms with Crippen molar-refractivity contribution in [1.29, 1.82) is 0 Å². The lowest BCUT2D eigenvalue weighted by molar-refractivity contribution is -0.147. The van der Waals surface area contributed by atoms with Crippen molar-refractivity contribution >= 4 is 17.6 Å². The van der Waals surface area contributed by atoms with Gasteiger partial charge in [0, 0.05) is 0 Å². The van der Waals surface area contributed by atoms with Crippen molar-refractivity contribution in [1.82, 2.24) is 0 Å². The fraction of sp³-hybridized carbons (Fsp3) is 0.222. The second-order valence-electron chi connectivity index (χ2n) is 3.13. The van der Waals surface area contributed by atoms with Crippen LogP contribution in [0.3, 0.4) is 0 Å². The molecule has 0 aromatic heterocycles. The van der Waals surface area contributed by atoms with Crippen molar-refractivity contribution in [2.75, 3.05) is 0 Å². The van der Waals surface area contributed by atoms with E-state index in [1.54, 1.807) is 0 Å². The summed E-state index contributed by atoms with van der Waals surface area (Å²) < 4.78 is 36.9. The predicted octanol–water partition coefficient (Wildman–Crippen LogP) is 2.18. The highest BCUT2D eigenvalue weighted by molar-refractivity contribution is 6.32. The van der Waals surface area contributed by atoms with Crippen LogP contribution in [0.1, 0.15) is 17.2 Å². The summed E-state index contributed by atoms with van der Waals surface area (Å²) in [4.78, 5) is 10.4. The Hall–Kier alpha value is -1.47. The fourth-order valence-corrected chi connectivity index (χ4v) is 1.48. The number of aromatic hydroxyl groups is 1. The topological polar surface area (TPSA) is 77.8 Å². The van der Waals surface area contributed by atoms with Crippen LogP contribution in [-0.2, 0) is 11.0 Å². The third-order valence-corrected chi connectivity index (χ3v) is 2.26. The number of aliphatic carboxylic acids is 1. The van der Waals surface area contributed by atoms with Gasteiger partial charge in [0.15, 0.2) is 6.10 Å². The van der Waals surface area contributed by atoms with Gasteiger partial charge in [-0.2, -0.15) is 13.2 Å². The molecule has 17 heavy (non-hydrogen) atoms. The van der Waals surface area contributed by atoms with Crippen LogP contribution in [0.15, 0.2) is 12.1 Å². The highest BCUT2D eigenvalue weighted by Crippen LogP contribution is 2.38. The average molecular weight is 271 g/mol. The van der Waals surface area contributed by atoms with Gasteiger partial charge in [0.1, 0.15) is 5.75 Å². The van der Waals surface area contributed by atoms with Gasteiger partial charge in [-0.05, 0) is 12.1 Å². The summed E-state index contributed by atoms with van der Waals surface area (Å²) in [5, 5.41) is 26.2. The molecule has 0 bridgehead atoms. The van der Waals surface area contributed by atoms with Crippen molar-refractivity contribution in [2.45, 2.75) is 12.3 Å². The normalized spacial score (nSPS) is 13.5. The molecule has 0 saturated carbocycles. The summed E-state index contributed by atoms with van der Waals surface area (Å²) in [6.45, 7) is 0. The summed E-state index contributed by atoms with van der Waals surface area (Å²) in [5.74, 6) is -2.76. The van der Waals surface area contributed by atoms with Gasteiger partial charge in [-0.15, -0.1) is 0 Å². The smallest absolute Gasteiger partial charge is 0.416 e. The van der Waals surface area contributed by atoms with Gasteiger partial charge in [0.05, 0.1) is 16.1 Å². The number of carboxylic acid groups (broad SMARTS) is 1. The van der Waals surface area contributed by atoms with Crippen molar-refractivity contribution in [2.24, 2.45) is 0 Å². The molecule has 1 atom stereocenters. The van der Waals surface area contributed by atoms with Gasteiger partial charge < -0.3 is 15.3 Å². The van der Waals surface area contributed by atoms with Crippen LogP contribution in [0.25, 0.3) is 0 Å². The molecule has 0 radical (unpaired) electrons. The van der Waals surface area contributed by atoms with Crippen molar-refractivity contribution in [3.05, 3.63) is 28.3 Å². The zero-order valence-corrected chi connectivity index (χ0v) is 8.75. The van der Waals surface area contributed by atoms with E-state index in [2.05, 4.69) is 0 Å². The molecule has 0 fully saturated rings. The van der Waals surface area contributed by atoms with Gasteiger partial charge in [-0.3, -0.25) is 0 Å². The SMILES string of the molecule is O=C(O)C(O)c1c(O)cc(C(F)(F)F)cc1Cl. The Balaban J connectivity index is 3.34. The number of alkyl halides is 3. The summed E-state index contributed by atoms with van der Waals surface area (Å²) in [7, 11) is 0. The van der Waals surface area contributed by atoms with Crippen molar-refractivity contribution < 1.29 is 33.3 Å². The molecule has 0 aliphatic heterocycles. The van der Waals surface area contributed by atoms with Crippen molar-refractivity contribution in [3.63, 3.8) is 0 Å². The first-order valence-electron chi connectivity index (χ1n) is 4.15. The summed E-state index contributed by atoms with van der Waals surface area (Å²) in [6, 6.07) is 0.732. The molecular formula is C9H6ClF3O4. The maximum absolute atomic E-state index is 12.3. The number of aliphatic hydroxyl groups excluding tert-OH is 1. The van der Waals surface area contributed by atoms with Crippen LogP contribution in [0.5, 0.6) is 5.75 Å². The largest absolute Gasteiger partial charge is 0.507 e. The molecule has 0 aliphatic carbocycles. The molecule has 0 heterocycles. The second-order valence-corrected chi connectivity index (χ2v) is 3.54. The van der Waals surface area contributed by atoms with E-state index in [4.69, 9.17) is 21.8 Å². The highest BCUT2D eigenvalue weighted by atomic mass is 35.5. The zero-order valence-electron chi connectivity index (χ0n) is 7.99. The summed E-state index contributed by atoms with van der Waals surface area (Å²) >= 11 is 5.40. The molecule has 1 aromatic rings. The summed E-state index contributed by atoms with van der Waals surface area (Å²) in [5.41, 5.74) is -1.91. The van der Waals surface area contributed by atoms with E-state index in [1.165, 1.54) is 0 Å². The van der Waals surface area contributed by atoms with E-state index in [9.17, 15) is 23.1 Å². The number of carbonyl (C=O) groups is 1. The van der Waals surface area contributed by atoms with Crippen molar-refractivity contribution in [3.8, 4) is 5.75 Å². The van der Waals surface area contributed by atoms with Crippen LogP contribution in [-0.4, -0.2) is 21.3 Å². The Labute approximate surface area is 97.9 Å². The second kappa shape index (κ2) is 4.42. The Morgan fingerprint density at radius 3 is 2.24 bits per heavy atom. The Morgan fingerprint density at radius 1 is 1.35 bits per heavy atom. The molecule has 94 valence electrons. The molecule has 1 unspecified atom stereocenters. The van der Waals surface area contributed by atoms with E-state index in [-0.39, 0.29) is 0 Å². The molecule has 0 aliphatic rings. The maximum Gasteiger partial charge on any atom is 0.416 e. The minimum Gasteiger partial charge on any atom is -0.507 e. The molecule has 8 heteroatoms. The zero-order chi connectivity index (χ0) is 13.4. The minimum absolute atomic E-state index is 0.299. The first kappa shape index (κ1) is 13.6. The predicted molar refractivity (Wildman–Crippen MR) is 50.7 cm³/mol. The fourth-order valence-electron chi connectivity index (χ4n) is 1.16. The third-order valence-electron chi connectivity index (χ3n) is 1.94. The van der Waals surface area contributed by atoms with Crippen LogP contribution in [0.2, 0.25) is 5.02 Å². The number of phenols is 1. The van der Waals surface area contributed by atoms with E-state index in [0.29, 0.717) is 12.1 Å². The standard InChI is InChI=1S/C9H6ClF3O4/c10-4-1-3(9(11,12)13)2-5(14)6(4)7(15)8(16)17/h1-2,7,14-15H,(H,16,17). The molecule has 0 spiro atoms. The number of hydrogen-bond acceptors (Lipinski definition) is 3. The lowest BCUT2D eigenvalue weighted by Crippen LogP contribution is -2.12. The van der Waals surface area contributed by atoms with E-state index in [0.717, 1.165) is 0 Å². The van der Waals surface area contributed by atoms with Crippen LogP contribution in [0, 0.1) is 0 Å². The van der Waals surface area contributed by atoms with Gasteiger partial charge >= 0.3 is 12.1 Å². The number of rotatable bonds is 2. The molecule has 1 aromatic carbocycles. The Bertz CT molecular complexity index is 435. The number of benzene rings is 1. The molecule has 0 saturated heterocycles. The number of halogens is 4. The van der Waals surface area contributed by atoms with Crippen LogP contribution in [0.4, 0.5) is 13.2 Å². The third kappa shape index (κ3) is 2.80. The maximum atomic E-state index is 12.3. The molecule has 0 amide bonds. The summed E-state index contributed by atoms with van der Waals surface area (Å²) in [6.07, 6.45) is -6.92. The van der Waals surface area contributed by atoms with Gasteiger partial charge in [-0.1, -0.05) is 11.6 Å². The molecule has 4 nitrogen and oxygen atoms in total. The Kier molecular flexibility index (Phi) is 3.53. The molecule has 3 N–H and O–H groups in total. The first-order chi connectivity index (χ1) is 7.64. The van der Waals surface area contributed by atoms with Gasteiger partial charge in [0.2, 0.25) is 0 Å². The first-order valence-corrected chi connectivity index (χ1v) is 4.53. The van der Waals surface area contributed by atoms with Gasteiger partial charge in [-0.25, -0.2) is 4.79 Å². The lowest BCUT2D eigenvalue weighted by atomic mass is 10.0. The Morgan fingerprint density at radius 2 is 1.88 bits per heavy atom. The van der Waals surface area contributed by atoms with E-state index >= 15 is 0 Å². The minimum atomic E-state index is -4.73. The molecule has 1 rings (SSSR count). The van der Waals surface area contributed by atoms with E-state index in [1.807, 2.05) is 0 Å². The van der Waals surface area contributed by atoms with E-state index < -0.39 is 40.1 Å². The quantitative estimate of drug-likeness (QED) is 0.770. The highest BCUT2D eigenvalue weighted by Gasteiger charge is 2.33. The van der Waals surface area contributed by atoms with Gasteiger partial charge in [0.25, 0.3) is 0 Å². The average Bonchev–Trinajstić information content (AvgIpc) is 2.14. The number of hydrogen-bond donors (Lipinski definition) is 3. The number of carboxylic acids is 1. The monoisotopic (exact) mass is 270 g/mol. The number of aliphatic hydroxyl groups is 1.